The highest BCUT2D eigenvalue weighted by atomic mass is 32.1. The Labute approximate surface area is 227 Å². The van der Waals surface area contributed by atoms with Gasteiger partial charge in [0.15, 0.2) is 17.4 Å². The lowest BCUT2D eigenvalue weighted by molar-refractivity contribution is 0.199. The van der Waals surface area contributed by atoms with Gasteiger partial charge in [-0.1, -0.05) is 5.16 Å². The van der Waals surface area contributed by atoms with Crippen molar-refractivity contribution in [3.05, 3.63) is 66.1 Å². The topological polar surface area (TPSA) is 128 Å². The van der Waals surface area contributed by atoms with Gasteiger partial charge in [0.25, 0.3) is 0 Å². The van der Waals surface area contributed by atoms with E-state index in [9.17, 15) is 9.18 Å². The molecule has 0 saturated heterocycles. The first-order valence-electron chi connectivity index (χ1n) is 12.0. The number of anilines is 2. The summed E-state index contributed by atoms with van der Waals surface area (Å²) in [5, 5.41) is 12.1. The lowest BCUT2D eigenvalue weighted by Gasteiger charge is -2.10. The second-order valence-corrected chi connectivity index (χ2v) is 9.64. The van der Waals surface area contributed by atoms with Crippen LogP contribution in [0.2, 0.25) is 0 Å². The number of fused-ring (bicyclic) bond motifs is 1. The number of hydrogen-bond donors (Lipinski definition) is 3. The summed E-state index contributed by atoms with van der Waals surface area (Å²) in [7, 11) is 3.63. The Bertz CT molecular complexity index is 1610. The zero-order valence-corrected chi connectivity index (χ0v) is 22.3. The maximum Gasteiger partial charge on any atom is 0.324 e. The summed E-state index contributed by atoms with van der Waals surface area (Å²) in [6.07, 6.45) is 3.45. The number of nitrogens with zero attached hydrogens (tertiary/aromatic N) is 4. The van der Waals surface area contributed by atoms with Crippen LogP contribution in [0.4, 0.5) is 20.7 Å². The average Bonchev–Trinajstić information content (AvgIpc) is 3.62. The molecular formula is C26H26FN7O4S. The van der Waals surface area contributed by atoms with E-state index in [0.717, 1.165) is 27.6 Å². The van der Waals surface area contributed by atoms with Gasteiger partial charge in [0.05, 0.1) is 33.6 Å². The van der Waals surface area contributed by atoms with Crippen molar-refractivity contribution in [2.45, 2.75) is 13.5 Å². The van der Waals surface area contributed by atoms with Crippen LogP contribution in [0.3, 0.4) is 0 Å². The normalized spacial score (nSPS) is 11.2. The first kappa shape index (κ1) is 26.3. The van der Waals surface area contributed by atoms with Crippen LogP contribution in [0, 0.1) is 12.7 Å². The average molecular weight is 552 g/mol. The van der Waals surface area contributed by atoms with Crippen LogP contribution in [0.15, 0.2) is 53.3 Å². The smallest absolute Gasteiger partial charge is 0.324 e. The fourth-order valence-electron chi connectivity index (χ4n) is 3.82. The van der Waals surface area contributed by atoms with E-state index in [0.29, 0.717) is 30.2 Å². The highest BCUT2D eigenvalue weighted by Gasteiger charge is 2.17. The molecule has 39 heavy (non-hydrogen) atoms. The van der Waals surface area contributed by atoms with E-state index in [1.54, 1.807) is 38.4 Å². The number of methoxy groups -OCH3 is 1. The molecule has 11 nitrogen and oxygen atoms in total. The Kier molecular flexibility index (Phi) is 7.81. The van der Waals surface area contributed by atoms with Gasteiger partial charge >= 0.3 is 6.03 Å². The number of ether oxygens (including phenoxy) is 2. The molecule has 4 heterocycles. The van der Waals surface area contributed by atoms with E-state index in [1.807, 2.05) is 23.9 Å². The number of amides is 2. The van der Waals surface area contributed by atoms with E-state index in [-0.39, 0.29) is 17.3 Å². The third kappa shape index (κ3) is 6.06. The SMILES string of the molecule is COCCNCc1cnc(-c2cc3nccc(Oc4ccc(NC(=O)Nc5cc(C)on5)cc4F)c3s2)n1C. The summed E-state index contributed by atoms with van der Waals surface area (Å²) in [4.78, 5) is 22.1. The molecule has 5 aromatic rings. The Morgan fingerprint density at radius 2 is 2.03 bits per heavy atom. The molecule has 5 rings (SSSR count). The monoisotopic (exact) mass is 551 g/mol. The van der Waals surface area contributed by atoms with E-state index in [4.69, 9.17) is 14.0 Å². The molecular weight excluding hydrogens is 525 g/mol. The number of aromatic nitrogens is 4. The third-order valence-electron chi connectivity index (χ3n) is 5.75. The van der Waals surface area contributed by atoms with Gasteiger partial charge in [0.1, 0.15) is 17.3 Å². The quantitative estimate of drug-likeness (QED) is 0.199. The van der Waals surface area contributed by atoms with Gasteiger partial charge in [-0.3, -0.25) is 10.3 Å². The number of rotatable bonds is 10. The highest BCUT2D eigenvalue weighted by molar-refractivity contribution is 7.22. The van der Waals surface area contributed by atoms with Gasteiger partial charge in [-0.25, -0.2) is 14.2 Å². The van der Waals surface area contributed by atoms with E-state index < -0.39 is 11.8 Å². The summed E-state index contributed by atoms with van der Waals surface area (Å²) in [5.41, 5.74) is 2.00. The number of urea groups is 1. The largest absolute Gasteiger partial charge is 0.453 e. The van der Waals surface area contributed by atoms with Crippen molar-refractivity contribution in [3.63, 3.8) is 0 Å². The number of nitrogens with one attached hydrogen (secondary N) is 3. The summed E-state index contributed by atoms with van der Waals surface area (Å²) in [6, 6.07) is 8.78. The lowest BCUT2D eigenvalue weighted by Crippen LogP contribution is -2.20. The van der Waals surface area contributed by atoms with E-state index in [2.05, 4.69) is 31.1 Å². The standard InChI is InChI=1S/C26H26FN7O4S/c1-15-10-23(33-38-15)32-26(35)31-16-4-5-20(18(27)11-16)37-21-6-7-29-19-12-22(39-24(19)21)25-30-14-17(34(25)2)13-28-8-9-36-3/h4-7,10-12,14,28H,8-9,13H2,1-3H3,(H2,31,32,33,35). The number of thiophene rings is 1. The molecule has 1 aromatic carbocycles. The number of pyridine rings is 1. The van der Waals surface area contributed by atoms with Gasteiger partial charge < -0.3 is 29.2 Å². The molecule has 0 unspecified atom stereocenters. The number of carbonyl (C=O) groups is 1. The minimum absolute atomic E-state index is 0.0111. The minimum Gasteiger partial charge on any atom is -0.453 e. The van der Waals surface area contributed by atoms with Crippen molar-refractivity contribution >= 4 is 39.1 Å². The number of hydrogen-bond acceptors (Lipinski definition) is 9. The molecule has 202 valence electrons. The number of benzene rings is 1. The van der Waals surface area contributed by atoms with Crippen LogP contribution in [-0.4, -0.2) is 46.0 Å². The number of aryl methyl sites for hydroxylation is 1. The molecule has 3 N–H and O–H groups in total. The van der Waals surface area contributed by atoms with Crippen LogP contribution in [-0.2, 0) is 18.3 Å². The zero-order chi connectivity index (χ0) is 27.4. The van der Waals surface area contributed by atoms with Crippen molar-refractivity contribution in [1.82, 2.24) is 25.0 Å². The van der Waals surface area contributed by atoms with Gasteiger partial charge in [-0.2, -0.15) is 0 Å². The first-order valence-corrected chi connectivity index (χ1v) is 12.8. The minimum atomic E-state index is -0.637. The predicted octanol–water partition coefficient (Wildman–Crippen LogP) is 5.30. The Balaban J connectivity index is 1.30. The predicted molar refractivity (Wildman–Crippen MR) is 146 cm³/mol. The van der Waals surface area contributed by atoms with Crippen LogP contribution in [0.25, 0.3) is 20.9 Å². The Morgan fingerprint density at radius 3 is 2.79 bits per heavy atom. The Morgan fingerprint density at radius 1 is 1.15 bits per heavy atom. The third-order valence-corrected chi connectivity index (χ3v) is 6.88. The van der Waals surface area contributed by atoms with Gasteiger partial charge in [-0.05, 0) is 25.1 Å². The number of halogens is 1. The molecule has 0 fully saturated rings. The van der Waals surface area contributed by atoms with Gasteiger partial charge in [-0.15, -0.1) is 11.3 Å². The Hall–Kier alpha value is -4.33. The van der Waals surface area contributed by atoms with E-state index in [1.165, 1.54) is 23.5 Å². The molecule has 0 saturated carbocycles. The van der Waals surface area contributed by atoms with Crippen molar-refractivity contribution in [2.75, 3.05) is 30.9 Å². The maximum atomic E-state index is 14.9. The molecule has 0 bridgehead atoms. The molecule has 2 amide bonds. The molecule has 0 radical (unpaired) electrons. The molecule has 0 atom stereocenters. The fourth-order valence-corrected chi connectivity index (χ4v) is 4.92. The van der Waals surface area contributed by atoms with Crippen molar-refractivity contribution in [3.8, 4) is 22.2 Å². The molecule has 0 aliphatic carbocycles. The van der Waals surface area contributed by atoms with Crippen LogP contribution in [0.5, 0.6) is 11.5 Å². The molecule has 13 heteroatoms. The van der Waals surface area contributed by atoms with Crippen LogP contribution < -0.4 is 20.7 Å². The molecule has 4 aromatic heterocycles. The number of imidazole rings is 1. The van der Waals surface area contributed by atoms with Crippen molar-refractivity contribution in [1.29, 1.82) is 0 Å². The maximum absolute atomic E-state index is 14.9. The van der Waals surface area contributed by atoms with E-state index >= 15 is 0 Å². The summed E-state index contributed by atoms with van der Waals surface area (Å²) < 4.78 is 33.6. The second kappa shape index (κ2) is 11.6. The second-order valence-electron chi connectivity index (χ2n) is 8.59. The summed E-state index contributed by atoms with van der Waals surface area (Å²) in [5.74, 6) is 1.44. The highest BCUT2D eigenvalue weighted by Crippen LogP contribution is 2.39. The summed E-state index contributed by atoms with van der Waals surface area (Å²) in [6.45, 7) is 3.74. The molecule has 0 spiro atoms. The fraction of sp³-hybridized carbons (Fsp3) is 0.231. The summed E-state index contributed by atoms with van der Waals surface area (Å²) >= 11 is 1.46. The van der Waals surface area contributed by atoms with Crippen LogP contribution in [0.1, 0.15) is 11.5 Å². The van der Waals surface area contributed by atoms with Crippen molar-refractivity contribution in [2.24, 2.45) is 7.05 Å². The zero-order valence-electron chi connectivity index (χ0n) is 21.4. The van der Waals surface area contributed by atoms with Gasteiger partial charge in [0, 0.05) is 57.3 Å². The molecule has 0 aliphatic rings. The lowest BCUT2D eigenvalue weighted by atomic mass is 10.3. The number of carbonyl (C=O) groups excluding carboxylic acids is 1. The van der Waals surface area contributed by atoms with Crippen molar-refractivity contribution < 1.29 is 23.2 Å². The molecule has 0 aliphatic heterocycles. The van der Waals surface area contributed by atoms with Gasteiger partial charge in [0.2, 0.25) is 0 Å². The van der Waals surface area contributed by atoms with Crippen LogP contribution >= 0.6 is 11.3 Å². The first-order chi connectivity index (χ1) is 18.9.